The highest BCUT2D eigenvalue weighted by molar-refractivity contribution is 7.92. The van der Waals surface area contributed by atoms with E-state index in [-0.39, 0.29) is 29.5 Å². The van der Waals surface area contributed by atoms with Crippen LogP contribution in [-0.4, -0.2) is 65.6 Å². The summed E-state index contributed by atoms with van der Waals surface area (Å²) < 4.78 is 46.4. The lowest BCUT2D eigenvalue weighted by atomic mass is 10.0. The number of aryl methyl sites for hydroxylation is 2. The first-order chi connectivity index (χ1) is 24.0. The maximum absolute atomic E-state index is 14.8. The van der Waals surface area contributed by atoms with Crippen molar-refractivity contribution < 1.29 is 32.2 Å². The molecular weight excluding hydrogens is 655 g/mol. The largest absolute Gasteiger partial charge is 0.497 e. The van der Waals surface area contributed by atoms with E-state index in [0.717, 1.165) is 39.4 Å². The quantitative estimate of drug-likeness (QED) is 0.133. The lowest BCUT2D eigenvalue weighted by molar-refractivity contribution is -0.140. The van der Waals surface area contributed by atoms with Crippen molar-refractivity contribution in [2.24, 2.45) is 0 Å². The van der Waals surface area contributed by atoms with Crippen molar-refractivity contribution in [1.29, 1.82) is 0 Å². The zero-order valence-electron chi connectivity index (χ0n) is 29.6. The summed E-state index contributed by atoms with van der Waals surface area (Å²) in [4.78, 5) is 30.2. The molecule has 0 bridgehead atoms. The van der Waals surface area contributed by atoms with Crippen LogP contribution >= 0.6 is 0 Å². The molecule has 0 aliphatic carbocycles. The molecule has 0 saturated heterocycles. The Morgan fingerprint density at radius 1 is 0.780 bits per heavy atom. The molecule has 10 nitrogen and oxygen atoms in total. The molecule has 50 heavy (non-hydrogen) atoms. The van der Waals surface area contributed by atoms with E-state index in [4.69, 9.17) is 14.2 Å². The van der Waals surface area contributed by atoms with Gasteiger partial charge in [-0.2, -0.15) is 0 Å². The topological polar surface area (TPSA) is 114 Å². The fourth-order valence-corrected chi connectivity index (χ4v) is 7.17. The zero-order valence-corrected chi connectivity index (χ0v) is 30.5. The van der Waals surface area contributed by atoms with E-state index in [1.165, 1.54) is 37.3 Å². The Balaban J connectivity index is 1.85. The number of benzene rings is 4. The van der Waals surface area contributed by atoms with Gasteiger partial charge >= 0.3 is 0 Å². The fourth-order valence-electron chi connectivity index (χ4n) is 5.76. The molecule has 0 saturated carbocycles. The van der Waals surface area contributed by atoms with E-state index in [1.54, 1.807) is 31.4 Å². The first-order valence-corrected chi connectivity index (χ1v) is 18.0. The van der Waals surface area contributed by atoms with E-state index in [2.05, 4.69) is 5.32 Å². The van der Waals surface area contributed by atoms with Gasteiger partial charge in [0, 0.05) is 25.6 Å². The molecule has 11 heteroatoms. The molecule has 0 fully saturated rings. The van der Waals surface area contributed by atoms with Crippen LogP contribution in [0.1, 0.15) is 42.0 Å². The standard InChI is InChI=1S/C39H47N3O7S/c1-7-8-19-40-39(44)35(24-30-13-10-9-11-14-30)41(26-31-15-12-16-33(23-31)47-4)38(43)27-42(32-21-28(2)20-29(3)22-32)50(45,46)34-17-18-36(48-5)37(25-34)49-6/h9-18,20-23,25,35H,7-8,19,24,26-27H2,1-6H3,(H,40,44)/t35-/m1/s1. The van der Waals surface area contributed by atoms with Crippen LogP contribution in [0, 0.1) is 13.8 Å². The van der Waals surface area contributed by atoms with Crippen molar-refractivity contribution in [3.8, 4) is 17.2 Å². The highest BCUT2D eigenvalue weighted by Gasteiger charge is 2.35. The zero-order chi connectivity index (χ0) is 36.3. The van der Waals surface area contributed by atoms with E-state index in [9.17, 15) is 18.0 Å². The Kier molecular flexibility index (Phi) is 13.3. The summed E-state index contributed by atoms with van der Waals surface area (Å²) in [6.07, 6.45) is 1.88. The van der Waals surface area contributed by atoms with Crippen LogP contribution < -0.4 is 23.8 Å². The third-order valence-electron chi connectivity index (χ3n) is 8.30. The summed E-state index contributed by atoms with van der Waals surface area (Å²) >= 11 is 0. The molecule has 0 aromatic heterocycles. The fraction of sp³-hybridized carbons (Fsp3) is 0.333. The van der Waals surface area contributed by atoms with Gasteiger partial charge < -0.3 is 24.4 Å². The number of rotatable bonds is 17. The lowest BCUT2D eigenvalue weighted by Crippen LogP contribution is -2.53. The molecule has 0 spiro atoms. The summed E-state index contributed by atoms with van der Waals surface area (Å²) in [7, 11) is 0.0986. The minimum atomic E-state index is -4.35. The van der Waals surface area contributed by atoms with Crippen LogP contribution in [0.5, 0.6) is 17.2 Å². The number of anilines is 1. The third-order valence-corrected chi connectivity index (χ3v) is 10.1. The van der Waals surface area contributed by atoms with E-state index in [1.807, 2.05) is 69.3 Å². The molecule has 1 N–H and O–H groups in total. The minimum absolute atomic E-state index is 0.0336. The summed E-state index contributed by atoms with van der Waals surface area (Å²) in [6, 6.07) is 25.5. The molecule has 0 aliphatic rings. The predicted molar refractivity (Wildman–Crippen MR) is 195 cm³/mol. The number of carbonyl (C=O) groups is 2. The maximum Gasteiger partial charge on any atom is 0.264 e. The van der Waals surface area contributed by atoms with Crippen LogP contribution in [0.25, 0.3) is 0 Å². The van der Waals surface area contributed by atoms with Gasteiger partial charge in [-0.25, -0.2) is 8.42 Å². The number of nitrogens with zero attached hydrogens (tertiary/aromatic N) is 2. The number of hydrogen-bond acceptors (Lipinski definition) is 7. The molecule has 4 rings (SSSR count). The predicted octanol–water partition coefficient (Wildman–Crippen LogP) is 6.08. The normalized spacial score (nSPS) is 11.7. The molecule has 4 aromatic carbocycles. The Bertz CT molecular complexity index is 1840. The summed E-state index contributed by atoms with van der Waals surface area (Å²) in [5.74, 6) is 0.311. The Morgan fingerprint density at radius 3 is 2.10 bits per heavy atom. The van der Waals surface area contributed by atoms with Gasteiger partial charge in [0.2, 0.25) is 11.8 Å². The van der Waals surface area contributed by atoms with Crippen LogP contribution in [0.15, 0.2) is 95.9 Å². The number of hydrogen-bond donors (Lipinski definition) is 1. The van der Waals surface area contributed by atoms with Crippen molar-refractivity contribution >= 4 is 27.5 Å². The third kappa shape index (κ3) is 9.56. The molecule has 0 aliphatic heterocycles. The van der Waals surface area contributed by atoms with E-state index >= 15 is 0 Å². The molecule has 266 valence electrons. The van der Waals surface area contributed by atoms with E-state index < -0.39 is 28.5 Å². The second kappa shape index (κ2) is 17.6. The summed E-state index contributed by atoms with van der Waals surface area (Å²) in [6.45, 7) is 5.68. The van der Waals surface area contributed by atoms with Gasteiger partial charge in [-0.3, -0.25) is 13.9 Å². The molecule has 1 atom stereocenters. The number of methoxy groups -OCH3 is 3. The molecule has 4 aromatic rings. The molecule has 0 radical (unpaired) electrons. The van der Waals surface area contributed by atoms with E-state index in [0.29, 0.717) is 23.7 Å². The Morgan fingerprint density at radius 2 is 1.46 bits per heavy atom. The van der Waals surface area contributed by atoms with Crippen LogP contribution in [0.2, 0.25) is 0 Å². The van der Waals surface area contributed by atoms with Gasteiger partial charge in [-0.05, 0) is 78.9 Å². The smallest absolute Gasteiger partial charge is 0.264 e. The van der Waals surface area contributed by atoms with Gasteiger partial charge in [0.05, 0.1) is 31.9 Å². The average Bonchev–Trinajstić information content (AvgIpc) is 3.11. The first-order valence-electron chi connectivity index (χ1n) is 16.6. The highest BCUT2D eigenvalue weighted by atomic mass is 32.2. The van der Waals surface area contributed by atoms with Crippen LogP contribution in [-0.2, 0) is 32.6 Å². The molecule has 0 unspecified atom stereocenters. The minimum Gasteiger partial charge on any atom is -0.497 e. The van der Waals surface area contributed by atoms with Crippen molar-refractivity contribution in [2.45, 2.75) is 57.5 Å². The van der Waals surface area contributed by atoms with Crippen molar-refractivity contribution in [3.63, 3.8) is 0 Å². The average molecular weight is 702 g/mol. The highest BCUT2D eigenvalue weighted by Crippen LogP contribution is 2.33. The monoisotopic (exact) mass is 701 g/mol. The molecular formula is C39H47N3O7S. The number of ether oxygens (including phenoxy) is 3. The van der Waals surface area contributed by atoms with Gasteiger partial charge in [-0.1, -0.05) is 61.9 Å². The number of unbranched alkanes of at least 4 members (excludes halogenated alkanes) is 1. The Hall–Kier alpha value is -5.03. The van der Waals surface area contributed by atoms with Crippen molar-refractivity contribution in [3.05, 3.63) is 113 Å². The van der Waals surface area contributed by atoms with Gasteiger partial charge in [0.15, 0.2) is 11.5 Å². The van der Waals surface area contributed by atoms with Crippen LogP contribution in [0.4, 0.5) is 5.69 Å². The summed E-state index contributed by atoms with van der Waals surface area (Å²) in [5.41, 5.74) is 3.54. The van der Waals surface area contributed by atoms with Crippen LogP contribution in [0.3, 0.4) is 0 Å². The number of sulfonamides is 1. The van der Waals surface area contributed by atoms with Gasteiger partial charge in [0.1, 0.15) is 18.3 Å². The number of amides is 2. The first kappa shape index (κ1) is 37.8. The van der Waals surface area contributed by atoms with Crippen molar-refractivity contribution in [1.82, 2.24) is 10.2 Å². The molecule has 2 amide bonds. The SMILES string of the molecule is CCCCNC(=O)[C@@H](Cc1ccccc1)N(Cc1cccc(OC)c1)C(=O)CN(c1cc(C)cc(C)c1)S(=O)(=O)c1ccc(OC)c(OC)c1. The number of carbonyl (C=O) groups excluding carboxylic acids is 2. The lowest BCUT2D eigenvalue weighted by Gasteiger charge is -2.34. The summed E-state index contributed by atoms with van der Waals surface area (Å²) in [5, 5.41) is 3.01. The number of nitrogens with one attached hydrogen (secondary N) is 1. The maximum atomic E-state index is 14.8. The second-order valence-electron chi connectivity index (χ2n) is 12.1. The van der Waals surface area contributed by atoms with Crippen molar-refractivity contribution in [2.75, 3.05) is 38.7 Å². The molecule has 0 heterocycles. The second-order valence-corrected chi connectivity index (χ2v) is 14.0. The Labute approximate surface area is 296 Å². The van der Waals surface area contributed by atoms with Gasteiger partial charge in [0.25, 0.3) is 10.0 Å². The van der Waals surface area contributed by atoms with Gasteiger partial charge in [-0.15, -0.1) is 0 Å².